The van der Waals surface area contributed by atoms with Crippen LogP contribution in [0.2, 0.25) is 0 Å². The second-order valence-corrected chi connectivity index (χ2v) is 3.88. The van der Waals surface area contributed by atoms with Gasteiger partial charge in [0.05, 0.1) is 0 Å². The summed E-state index contributed by atoms with van der Waals surface area (Å²) >= 11 is 0. The molecular formula is C13H15N2O2+. The second kappa shape index (κ2) is 5.32. The number of quaternary nitrogens is 1. The average molecular weight is 231 g/mol. The van der Waals surface area contributed by atoms with E-state index in [0.29, 0.717) is 0 Å². The molecule has 0 spiro atoms. The fourth-order valence-corrected chi connectivity index (χ4v) is 1.62. The van der Waals surface area contributed by atoms with Crippen LogP contribution in [0.15, 0.2) is 42.7 Å². The molecule has 4 N–H and O–H groups in total. The molecule has 0 saturated heterocycles. The summed E-state index contributed by atoms with van der Waals surface area (Å²) in [7, 11) is 0. The maximum absolute atomic E-state index is 9.34. The van der Waals surface area contributed by atoms with Crippen molar-refractivity contribution in [3.8, 4) is 11.5 Å². The molecule has 4 nitrogen and oxygen atoms in total. The molecule has 0 bridgehead atoms. The molecule has 2 rings (SSSR count). The van der Waals surface area contributed by atoms with Gasteiger partial charge < -0.3 is 15.5 Å². The van der Waals surface area contributed by atoms with E-state index >= 15 is 0 Å². The van der Waals surface area contributed by atoms with Crippen LogP contribution in [-0.2, 0) is 13.1 Å². The molecule has 0 aliphatic rings. The first-order valence-electron chi connectivity index (χ1n) is 5.47. The molecule has 0 aliphatic heterocycles. The van der Waals surface area contributed by atoms with Gasteiger partial charge in [0.2, 0.25) is 0 Å². The molecule has 0 radical (unpaired) electrons. The molecule has 0 atom stereocenters. The van der Waals surface area contributed by atoms with Crippen molar-refractivity contribution in [2.24, 2.45) is 0 Å². The number of phenolic OH excluding ortho intramolecular Hbond substituents is 2. The van der Waals surface area contributed by atoms with Crippen LogP contribution in [0.1, 0.15) is 11.1 Å². The number of aromatic nitrogens is 1. The van der Waals surface area contributed by atoms with Crippen molar-refractivity contribution in [1.29, 1.82) is 0 Å². The Morgan fingerprint density at radius 3 is 2.53 bits per heavy atom. The summed E-state index contributed by atoms with van der Waals surface area (Å²) < 4.78 is 0. The summed E-state index contributed by atoms with van der Waals surface area (Å²) in [5.41, 5.74) is 2.14. The summed E-state index contributed by atoms with van der Waals surface area (Å²) in [5.74, 6) is -0.154. The summed E-state index contributed by atoms with van der Waals surface area (Å²) in [6.45, 7) is 1.60. The maximum Gasteiger partial charge on any atom is 0.157 e. The van der Waals surface area contributed by atoms with Crippen molar-refractivity contribution in [3.05, 3.63) is 53.9 Å². The van der Waals surface area contributed by atoms with Crippen LogP contribution >= 0.6 is 0 Å². The van der Waals surface area contributed by atoms with Gasteiger partial charge in [-0.2, -0.15) is 0 Å². The normalized spacial score (nSPS) is 10.4. The van der Waals surface area contributed by atoms with Gasteiger partial charge in [-0.1, -0.05) is 6.07 Å². The predicted octanol–water partition coefficient (Wildman–Crippen LogP) is 0.756. The average Bonchev–Trinajstić information content (AvgIpc) is 2.35. The van der Waals surface area contributed by atoms with E-state index in [4.69, 9.17) is 0 Å². The summed E-state index contributed by atoms with van der Waals surface area (Å²) in [6.07, 6.45) is 3.59. The third-order valence-electron chi connectivity index (χ3n) is 2.52. The van der Waals surface area contributed by atoms with E-state index in [-0.39, 0.29) is 11.5 Å². The van der Waals surface area contributed by atoms with Crippen molar-refractivity contribution >= 4 is 0 Å². The lowest BCUT2D eigenvalue weighted by Crippen LogP contribution is -2.80. The number of rotatable bonds is 4. The lowest BCUT2D eigenvalue weighted by atomic mass is 10.2. The molecule has 1 heterocycles. The Morgan fingerprint density at radius 1 is 1.00 bits per heavy atom. The first-order valence-corrected chi connectivity index (χ1v) is 5.47. The minimum absolute atomic E-state index is 0.0720. The van der Waals surface area contributed by atoms with Crippen LogP contribution in [0.5, 0.6) is 11.5 Å². The number of phenols is 2. The first kappa shape index (κ1) is 11.4. The third-order valence-corrected chi connectivity index (χ3v) is 2.52. The Kier molecular flexibility index (Phi) is 3.57. The van der Waals surface area contributed by atoms with E-state index in [1.165, 1.54) is 6.07 Å². The van der Waals surface area contributed by atoms with Gasteiger partial charge in [-0.3, -0.25) is 4.98 Å². The first-order chi connectivity index (χ1) is 8.25. The largest absolute Gasteiger partial charge is 0.504 e. The van der Waals surface area contributed by atoms with Gasteiger partial charge in [0.15, 0.2) is 11.5 Å². The predicted molar refractivity (Wildman–Crippen MR) is 63.3 cm³/mol. The minimum atomic E-state index is -0.0824. The molecule has 0 unspecified atom stereocenters. The van der Waals surface area contributed by atoms with E-state index in [2.05, 4.69) is 10.3 Å². The van der Waals surface area contributed by atoms with Gasteiger partial charge in [0.25, 0.3) is 0 Å². The van der Waals surface area contributed by atoms with Gasteiger partial charge in [-0.25, -0.2) is 0 Å². The summed E-state index contributed by atoms with van der Waals surface area (Å²) in [4.78, 5) is 4.04. The quantitative estimate of drug-likeness (QED) is 0.680. The molecule has 88 valence electrons. The zero-order valence-electron chi connectivity index (χ0n) is 9.37. The number of hydrogen-bond acceptors (Lipinski definition) is 3. The van der Waals surface area contributed by atoms with Gasteiger partial charge in [0.1, 0.15) is 13.1 Å². The maximum atomic E-state index is 9.34. The van der Waals surface area contributed by atoms with Crippen LogP contribution in [0.25, 0.3) is 0 Å². The van der Waals surface area contributed by atoms with Crippen molar-refractivity contribution in [1.82, 2.24) is 4.98 Å². The topological polar surface area (TPSA) is 70.0 Å². The summed E-state index contributed by atoms with van der Waals surface area (Å²) in [5, 5.41) is 20.6. The van der Waals surface area contributed by atoms with Crippen LogP contribution < -0.4 is 5.32 Å². The molecule has 0 saturated carbocycles. The minimum Gasteiger partial charge on any atom is -0.504 e. The smallest absolute Gasteiger partial charge is 0.157 e. The number of pyridine rings is 1. The van der Waals surface area contributed by atoms with Crippen LogP contribution in [-0.4, -0.2) is 15.2 Å². The number of nitrogens with two attached hydrogens (primary N) is 1. The number of hydrogen-bond donors (Lipinski definition) is 3. The molecule has 1 aromatic carbocycles. The zero-order valence-corrected chi connectivity index (χ0v) is 9.37. The van der Waals surface area contributed by atoms with E-state index < -0.39 is 0 Å². The van der Waals surface area contributed by atoms with Gasteiger partial charge in [-0.05, 0) is 24.3 Å². The molecule has 0 amide bonds. The van der Waals surface area contributed by atoms with E-state index in [1.54, 1.807) is 18.3 Å². The highest BCUT2D eigenvalue weighted by Gasteiger charge is 2.02. The van der Waals surface area contributed by atoms with E-state index in [9.17, 15) is 10.2 Å². The SMILES string of the molecule is Oc1ccc(C[NH2+]Cc2cccnc2)cc1O. The number of aromatic hydroxyl groups is 2. The van der Waals surface area contributed by atoms with Crippen LogP contribution in [0.3, 0.4) is 0 Å². The fourth-order valence-electron chi connectivity index (χ4n) is 1.62. The van der Waals surface area contributed by atoms with E-state index in [0.717, 1.165) is 24.2 Å². The van der Waals surface area contributed by atoms with Gasteiger partial charge in [-0.15, -0.1) is 0 Å². The lowest BCUT2D eigenvalue weighted by molar-refractivity contribution is -0.686. The van der Waals surface area contributed by atoms with Crippen LogP contribution in [0.4, 0.5) is 0 Å². The Labute approximate surface area is 99.6 Å². The molecule has 0 fully saturated rings. The summed E-state index contributed by atoms with van der Waals surface area (Å²) in [6, 6.07) is 8.82. The Morgan fingerprint density at radius 2 is 1.82 bits per heavy atom. The molecule has 0 aliphatic carbocycles. The zero-order chi connectivity index (χ0) is 12.1. The lowest BCUT2D eigenvalue weighted by Gasteiger charge is -2.03. The number of nitrogens with zero attached hydrogens (tertiary/aromatic N) is 1. The molecular weight excluding hydrogens is 216 g/mol. The highest BCUT2D eigenvalue weighted by Crippen LogP contribution is 2.24. The van der Waals surface area contributed by atoms with Crippen molar-refractivity contribution in [2.75, 3.05) is 0 Å². The van der Waals surface area contributed by atoms with Gasteiger partial charge >= 0.3 is 0 Å². The Bertz CT molecular complexity index is 486. The highest BCUT2D eigenvalue weighted by atomic mass is 16.3. The number of benzene rings is 1. The molecule has 1 aromatic heterocycles. The Balaban J connectivity index is 1.88. The second-order valence-electron chi connectivity index (χ2n) is 3.88. The monoisotopic (exact) mass is 231 g/mol. The van der Waals surface area contributed by atoms with Crippen molar-refractivity contribution < 1.29 is 15.5 Å². The highest BCUT2D eigenvalue weighted by molar-refractivity contribution is 5.40. The molecule has 17 heavy (non-hydrogen) atoms. The molecule has 2 aromatic rings. The van der Waals surface area contributed by atoms with Crippen LogP contribution in [0, 0.1) is 0 Å². The standard InChI is InChI=1S/C13H14N2O2/c16-12-4-3-10(6-13(12)17)7-15-9-11-2-1-5-14-8-11/h1-6,8,15-17H,7,9H2/p+1. The fraction of sp³-hybridized carbons (Fsp3) is 0.154. The molecule has 4 heteroatoms. The Hall–Kier alpha value is -2.07. The van der Waals surface area contributed by atoms with Crippen molar-refractivity contribution in [3.63, 3.8) is 0 Å². The van der Waals surface area contributed by atoms with E-state index in [1.807, 2.05) is 18.3 Å². The van der Waals surface area contributed by atoms with Crippen molar-refractivity contribution in [2.45, 2.75) is 13.1 Å². The third kappa shape index (κ3) is 3.19. The van der Waals surface area contributed by atoms with Gasteiger partial charge in [0, 0.05) is 23.5 Å².